The Labute approximate surface area is 141 Å². The quantitative estimate of drug-likeness (QED) is 0.437. The van der Waals surface area contributed by atoms with Gasteiger partial charge in [0.15, 0.2) is 0 Å². The first kappa shape index (κ1) is 19.7. The van der Waals surface area contributed by atoms with Gasteiger partial charge in [0.2, 0.25) is 0 Å². The van der Waals surface area contributed by atoms with Gasteiger partial charge in [-0.15, -0.1) is 0 Å². The Bertz CT molecular complexity index is 430. The van der Waals surface area contributed by atoms with Crippen molar-refractivity contribution < 1.29 is 14.6 Å². The summed E-state index contributed by atoms with van der Waals surface area (Å²) in [5.74, 6) is -0.303. The van der Waals surface area contributed by atoms with Crippen LogP contribution in [0.3, 0.4) is 0 Å². The van der Waals surface area contributed by atoms with Gasteiger partial charge in [-0.1, -0.05) is 82.7 Å². The lowest BCUT2D eigenvalue weighted by atomic mass is 9.85. The zero-order chi connectivity index (χ0) is 17.0. The Morgan fingerprint density at radius 2 is 1.65 bits per heavy atom. The summed E-state index contributed by atoms with van der Waals surface area (Å²) in [6, 6.07) is 9.47. The summed E-state index contributed by atoms with van der Waals surface area (Å²) < 4.78 is 5.32. The first-order chi connectivity index (χ1) is 11.1. The van der Waals surface area contributed by atoms with E-state index in [1.54, 1.807) is 0 Å². The van der Waals surface area contributed by atoms with Crippen LogP contribution in [0.4, 0.5) is 0 Å². The Kier molecular flexibility index (Phi) is 9.61. The van der Waals surface area contributed by atoms with E-state index < -0.39 is 5.60 Å². The van der Waals surface area contributed by atoms with Gasteiger partial charge in [-0.3, -0.25) is 4.79 Å². The fourth-order valence-corrected chi connectivity index (χ4v) is 2.73. The molecule has 3 heteroatoms. The maximum atomic E-state index is 12.1. The molecule has 0 heterocycles. The highest BCUT2D eigenvalue weighted by Gasteiger charge is 2.32. The second kappa shape index (κ2) is 11.2. The third kappa shape index (κ3) is 7.65. The fraction of sp³-hybridized carbons (Fsp3) is 0.650. The molecule has 0 aliphatic carbocycles. The minimum atomic E-state index is -1.11. The number of unbranched alkanes of at least 4 members (excludes halogenated alkanes) is 5. The molecule has 1 unspecified atom stereocenters. The van der Waals surface area contributed by atoms with Gasteiger partial charge in [0, 0.05) is 0 Å². The second-order valence-electron chi connectivity index (χ2n) is 6.31. The molecule has 0 amide bonds. The largest absolute Gasteiger partial charge is 0.466 e. The summed E-state index contributed by atoms with van der Waals surface area (Å²) in [6.07, 6.45) is 8.13. The van der Waals surface area contributed by atoms with Gasteiger partial charge in [-0.05, 0) is 18.4 Å². The average Bonchev–Trinajstić information content (AvgIpc) is 2.57. The van der Waals surface area contributed by atoms with Gasteiger partial charge < -0.3 is 9.84 Å². The lowest BCUT2D eigenvalue weighted by Gasteiger charge is -2.28. The normalized spacial score (nSPS) is 13.5. The summed E-state index contributed by atoms with van der Waals surface area (Å²) in [5.41, 5.74) is -0.315. The molecule has 23 heavy (non-hydrogen) atoms. The van der Waals surface area contributed by atoms with Crippen LogP contribution in [0, 0.1) is 0 Å². The first-order valence-corrected chi connectivity index (χ1v) is 9.06. The summed E-state index contributed by atoms with van der Waals surface area (Å²) >= 11 is 0. The maximum Gasteiger partial charge on any atom is 0.309 e. The first-order valence-electron chi connectivity index (χ1n) is 9.06. The van der Waals surface area contributed by atoms with Crippen molar-refractivity contribution in [2.45, 2.75) is 77.2 Å². The van der Waals surface area contributed by atoms with E-state index in [1.807, 2.05) is 30.3 Å². The van der Waals surface area contributed by atoms with Crippen LogP contribution in [0.1, 0.15) is 77.2 Å². The summed E-state index contributed by atoms with van der Waals surface area (Å²) in [7, 11) is 0. The predicted octanol–water partition coefficient (Wildman–Crippen LogP) is 4.97. The molecule has 130 valence electrons. The molecule has 0 aliphatic rings. The van der Waals surface area contributed by atoms with E-state index in [0.29, 0.717) is 13.0 Å². The van der Waals surface area contributed by atoms with Gasteiger partial charge in [0.05, 0.1) is 13.0 Å². The van der Waals surface area contributed by atoms with Crippen LogP contribution in [-0.4, -0.2) is 17.7 Å². The van der Waals surface area contributed by atoms with E-state index >= 15 is 0 Å². The van der Waals surface area contributed by atoms with Crippen molar-refractivity contribution in [3.05, 3.63) is 35.9 Å². The van der Waals surface area contributed by atoms with Crippen LogP contribution in [0.25, 0.3) is 0 Å². The monoisotopic (exact) mass is 320 g/mol. The Balaban J connectivity index is 2.48. The molecule has 0 radical (unpaired) electrons. The Hall–Kier alpha value is -1.35. The molecule has 1 rings (SSSR count). The van der Waals surface area contributed by atoms with Crippen LogP contribution < -0.4 is 0 Å². The van der Waals surface area contributed by atoms with Gasteiger partial charge in [0.1, 0.15) is 5.60 Å². The SMILES string of the molecule is CCCCCCCOC(=O)CC(O)(CCCC)c1ccccc1. The summed E-state index contributed by atoms with van der Waals surface area (Å²) in [6.45, 7) is 4.72. The van der Waals surface area contributed by atoms with Crippen molar-refractivity contribution in [3.8, 4) is 0 Å². The second-order valence-corrected chi connectivity index (χ2v) is 6.31. The van der Waals surface area contributed by atoms with Crippen molar-refractivity contribution in [1.29, 1.82) is 0 Å². The van der Waals surface area contributed by atoms with E-state index in [2.05, 4.69) is 13.8 Å². The highest BCUT2D eigenvalue weighted by atomic mass is 16.5. The minimum absolute atomic E-state index is 0.0337. The minimum Gasteiger partial charge on any atom is -0.466 e. The molecule has 1 aromatic carbocycles. The van der Waals surface area contributed by atoms with E-state index in [4.69, 9.17) is 4.74 Å². The Morgan fingerprint density at radius 1 is 1.00 bits per heavy atom. The van der Waals surface area contributed by atoms with E-state index in [1.165, 1.54) is 19.3 Å². The van der Waals surface area contributed by atoms with Crippen molar-refractivity contribution in [3.63, 3.8) is 0 Å². The summed E-state index contributed by atoms with van der Waals surface area (Å²) in [5, 5.41) is 11.0. The molecule has 0 aromatic heterocycles. The molecular formula is C20H32O3. The van der Waals surface area contributed by atoms with Gasteiger partial charge >= 0.3 is 5.97 Å². The van der Waals surface area contributed by atoms with Crippen LogP contribution in [0.5, 0.6) is 0 Å². The van der Waals surface area contributed by atoms with E-state index in [0.717, 1.165) is 31.2 Å². The molecule has 0 saturated carbocycles. The number of hydrogen-bond donors (Lipinski definition) is 1. The number of hydrogen-bond acceptors (Lipinski definition) is 3. The number of benzene rings is 1. The molecule has 0 aliphatic heterocycles. The van der Waals surface area contributed by atoms with Crippen LogP contribution in [-0.2, 0) is 15.1 Å². The highest BCUT2D eigenvalue weighted by molar-refractivity contribution is 5.71. The standard InChI is InChI=1S/C20H32O3/c1-3-5-7-8-12-16-23-19(21)17-20(22,15-6-4-2)18-13-10-9-11-14-18/h9-11,13-14,22H,3-8,12,15-17H2,1-2H3. The number of esters is 1. The number of carbonyl (C=O) groups is 1. The Morgan fingerprint density at radius 3 is 2.30 bits per heavy atom. The molecule has 0 spiro atoms. The molecule has 0 bridgehead atoms. The zero-order valence-corrected chi connectivity index (χ0v) is 14.7. The summed E-state index contributed by atoms with van der Waals surface area (Å²) in [4.78, 5) is 12.1. The fourth-order valence-electron chi connectivity index (χ4n) is 2.73. The number of carbonyl (C=O) groups excluding carboxylic acids is 1. The molecule has 1 N–H and O–H groups in total. The van der Waals surface area contributed by atoms with Crippen LogP contribution in [0.2, 0.25) is 0 Å². The lowest BCUT2D eigenvalue weighted by Crippen LogP contribution is -2.30. The van der Waals surface area contributed by atoms with Gasteiger partial charge in [0.25, 0.3) is 0 Å². The van der Waals surface area contributed by atoms with Crippen molar-refractivity contribution in [1.82, 2.24) is 0 Å². The molecule has 1 atom stereocenters. The van der Waals surface area contributed by atoms with Crippen molar-refractivity contribution in [2.24, 2.45) is 0 Å². The van der Waals surface area contributed by atoms with Gasteiger partial charge in [-0.25, -0.2) is 0 Å². The smallest absolute Gasteiger partial charge is 0.309 e. The lowest BCUT2D eigenvalue weighted by molar-refractivity contribution is -0.150. The number of rotatable bonds is 12. The van der Waals surface area contributed by atoms with Crippen LogP contribution >= 0.6 is 0 Å². The maximum absolute atomic E-state index is 12.1. The number of aliphatic hydroxyl groups is 1. The molecule has 0 saturated heterocycles. The molecule has 3 nitrogen and oxygen atoms in total. The predicted molar refractivity (Wildman–Crippen MR) is 94.2 cm³/mol. The topological polar surface area (TPSA) is 46.5 Å². The zero-order valence-electron chi connectivity index (χ0n) is 14.7. The van der Waals surface area contributed by atoms with Crippen LogP contribution in [0.15, 0.2) is 30.3 Å². The highest BCUT2D eigenvalue weighted by Crippen LogP contribution is 2.31. The molecule has 0 fully saturated rings. The molecular weight excluding hydrogens is 288 g/mol. The van der Waals surface area contributed by atoms with Crippen molar-refractivity contribution in [2.75, 3.05) is 6.61 Å². The van der Waals surface area contributed by atoms with E-state index in [9.17, 15) is 9.90 Å². The third-order valence-electron chi connectivity index (χ3n) is 4.20. The van der Waals surface area contributed by atoms with Gasteiger partial charge in [-0.2, -0.15) is 0 Å². The molecule has 1 aromatic rings. The number of ether oxygens (including phenoxy) is 1. The van der Waals surface area contributed by atoms with Crippen molar-refractivity contribution >= 4 is 5.97 Å². The average molecular weight is 320 g/mol. The van der Waals surface area contributed by atoms with E-state index in [-0.39, 0.29) is 12.4 Å². The third-order valence-corrected chi connectivity index (χ3v) is 4.20.